The molecule has 0 bridgehead atoms. The molecule has 1 aliphatic rings. The molecule has 0 aliphatic carbocycles. The summed E-state index contributed by atoms with van der Waals surface area (Å²) in [6.07, 6.45) is -0.325. The van der Waals surface area contributed by atoms with E-state index in [1.165, 1.54) is 7.11 Å². The first kappa shape index (κ1) is 15.7. The fraction of sp³-hybridized carbons (Fsp3) is 0.909. The maximum Gasteiger partial charge on any atom is 0.498 e. The number of hydrogen-bond donors (Lipinski definition) is 1. The quantitative estimate of drug-likeness (QED) is 0.571. The average Bonchev–Trinajstić information content (AvgIpc) is 2.25. The Morgan fingerprint density at radius 2 is 2.22 bits per heavy atom. The molecule has 106 valence electrons. The summed E-state index contributed by atoms with van der Waals surface area (Å²) in [5.41, 5.74) is 0. The van der Waals surface area contributed by atoms with E-state index >= 15 is 0 Å². The minimum Gasteiger partial charge on any atom is -0.392 e. The lowest BCUT2D eigenvalue weighted by Crippen LogP contribution is -2.55. The third-order valence-electron chi connectivity index (χ3n) is 2.78. The zero-order valence-corrected chi connectivity index (χ0v) is 12.5. The zero-order valence-electron chi connectivity index (χ0n) is 11.5. The van der Waals surface area contributed by atoms with E-state index in [2.05, 4.69) is 0 Å². The van der Waals surface area contributed by atoms with Gasteiger partial charge in [-0.15, -0.1) is 0 Å². The number of hydrogen-bond acceptors (Lipinski definition) is 6. The summed E-state index contributed by atoms with van der Waals surface area (Å²) in [6, 6.07) is 0. The number of aliphatic hydroxyl groups is 1. The van der Waals surface area contributed by atoms with Gasteiger partial charge in [0.15, 0.2) is 0 Å². The number of rotatable bonds is 4. The molecule has 1 fully saturated rings. The highest BCUT2D eigenvalue weighted by Gasteiger charge is 2.41. The van der Waals surface area contributed by atoms with Crippen LogP contribution in [0.15, 0.2) is 0 Å². The lowest BCUT2D eigenvalue weighted by Gasteiger charge is -2.37. The molecule has 1 saturated heterocycles. The number of carbonyl (C=O) groups excluding carboxylic acids is 1. The summed E-state index contributed by atoms with van der Waals surface area (Å²) in [5.74, 6) is 0. The van der Waals surface area contributed by atoms with Crippen molar-refractivity contribution < 1.29 is 23.2 Å². The van der Waals surface area contributed by atoms with Crippen LogP contribution in [0, 0.1) is 0 Å². The monoisotopic (exact) mass is 277 g/mol. The fourth-order valence-corrected chi connectivity index (χ4v) is 3.86. The van der Waals surface area contributed by atoms with Crippen molar-refractivity contribution in [1.82, 2.24) is 4.90 Å². The second-order valence-electron chi connectivity index (χ2n) is 4.85. The van der Waals surface area contributed by atoms with E-state index in [9.17, 15) is 9.90 Å². The van der Waals surface area contributed by atoms with Crippen molar-refractivity contribution >= 4 is 15.1 Å². The largest absolute Gasteiger partial charge is 0.498 e. The normalized spacial score (nSPS) is 36.7. The third-order valence-corrected chi connectivity index (χ3v) is 5.08. The molecular weight excluding hydrogens is 254 g/mol. The van der Waals surface area contributed by atoms with Gasteiger partial charge >= 0.3 is 8.80 Å². The van der Waals surface area contributed by atoms with Crippen LogP contribution in [0.2, 0.25) is 6.55 Å². The Morgan fingerprint density at radius 1 is 1.56 bits per heavy atom. The average molecular weight is 277 g/mol. The summed E-state index contributed by atoms with van der Waals surface area (Å²) in [7, 11) is -1.19. The summed E-state index contributed by atoms with van der Waals surface area (Å²) < 4.78 is 16.7. The van der Waals surface area contributed by atoms with Crippen LogP contribution in [0.5, 0.6) is 0 Å². The maximum absolute atomic E-state index is 11.0. The number of aliphatic hydroxyl groups excluding tert-OH is 1. The lowest BCUT2D eigenvalue weighted by molar-refractivity contribution is -0.119. The predicted molar refractivity (Wildman–Crippen MR) is 68.2 cm³/mol. The van der Waals surface area contributed by atoms with E-state index in [0.717, 1.165) is 6.29 Å². The second-order valence-corrected chi connectivity index (χ2v) is 7.46. The topological polar surface area (TPSA) is 68.2 Å². The van der Waals surface area contributed by atoms with Gasteiger partial charge in [0.25, 0.3) is 0 Å². The highest BCUT2D eigenvalue weighted by molar-refractivity contribution is 6.59. The molecule has 7 heteroatoms. The van der Waals surface area contributed by atoms with Crippen LogP contribution in [0.1, 0.15) is 13.8 Å². The van der Waals surface area contributed by atoms with Crippen LogP contribution in [-0.4, -0.2) is 70.2 Å². The Morgan fingerprint density at radius 3 is 2.72 bits per heavy atom. The zero-order chi connectivity index (χ0) is 13.8. The maximum atomic E-state index is 11.0. The van der Waals surface area contributed by atoms with E-state index < -0.39 is 21.0 Å². The van der Waals surface area contributed by atoms with Gasteiger partial charge in [0.1, 0.15) is 12.4 Å². The first-order valence-corrected chi connectivity index (χ1v) is 8.37. The molecule has 1 N–H and O–H groups in total. The first-order chi connectivity index (χ1) is 8.38. The Kier molecular flexibility index (Phi) is 5.89. The molecule has 1 heterocycles. The molecule has 0 aromatic heterocycles. The molecule has 1 rings (SSSR count). The van der Waals surface area contributed by atoms with Gasteiger partial charge in [-0.1, -0.05) is 0 Å². The lowest BCUT2D eigenvalue weighted by atomic mass is 10.2. The van der Waals surface area contributed by atoms with E-state index in [-0.39, 0.29) is 6.10 Å². The van der Waals surface area contributed by atoms with E-state index in [1.807, 2.05) is 11.8 Å². The first-order valence-electron chi connectivity index (χ1n) is 6.15. The van der Waals surface area contributed by atoms with E-state index in [0.29, 0.717) is 19.6 Å². The molecule has 0 saturated carbocycles. The van der Waals surface area contributed by atoms with Crippen LogP contribution in [-0.2, 0) is 18.1 Å². The molecule has 0 spiro atoms. The smallest absolute Gasteiger partial charge is 0.392 e. The number of aldehydes is 1. The van der Waals surface area contributed by atoms with Crippen molar-refractivity contribution in [2.24, 2.45) is 0 Å². The Labute approximate surface area is 109 Å². The summed E-state index contributed by atoms with van der Waals surface area (Å²) in [6.45, 7) is 7.02. The molecule has 0 aromatic carbocycles. The van der Waals surface area contributed by atoms with E-state index in [1.54, 1.807) is 13.5 Å². The van der Waals surface area contributed by atoms with Crippen LogP contribution in [0.3, 0.4) is 0 Å². The Bertz CT molecular complexity index is 278. The summed E-state index contributed by atoms with van der Waals surface area (Å²) in [5, 5.41) is 9.43. The third kappa shape index (κ3) is 4.75. The molecular formula is C11H23NO5Si. The number of carbonyl (C=O) groups is 1. The SMILES string of the molecule is CO[Si]1(C)OC(C)CN(CC(C)O)CC(C=O)O1. The molecule has 1 aliphatic heterocycles. The minimum atomic E-state index is -2.73. The highest BCUT2D eigenvalue weighted by Crippen LogP contribution is 2.18. The van der Waals surface area contributed by atoms with Crippen molar-refractivity contribution in [3.05, 3.63) is 0 Å². The number of β-amino-alcohol motifs (C(OH)–C–C–N with tert-alkyl or cyclic N) is 1. The molecule has 18 heavy (non-hydrogen) atoms. The van der Waals surface area contributed by atoms with Crippen molar-refractivity contribution in [3.8, 4) is 0 Å². The molecule has 4 atom stereocenters. The predicted octanol–water partition coefficient (Wildman–Crippen LogP) is -0.113. The van der Waals surface area contributed by atoms with Gasteiger partial charge in [-0.2, -0.15) is 0 Å². The van der Waals surface area contributed by atoms with Crippen LogP contribution >= 0.6 is 0 Å². The van der Waals surface area contributed by atoms with Crippen molar-refractivity contribution in [3.63, 3.8) is 0 Å². The summed E-state index contributed by atoms with van der Waals surface area (Å²) in [4.78, 5) is 13.0. The van der Waals surface area contributed by atoms with Gasteiger partial charge in [0.2, 0.25) is 0 Å². The molecule has 4 unspecified atom stereocenters. The van der Waals surface area contributed by atoms with Crippen LogP contribution in [0.25, 0.3) is 0 Å². The van der Waals surface area contributed by atoms with Gasteiger partial charge in [0, 0.05) is 33.3 Å². The second kappa shape index (κ2) is 6.74. The van der Waals surface area contributed by atoms with Gasteiger partial charge in [-0.25, -0.2) is 0 Å². The van der Waals surface area contributed by atoms with Gasteiger partial charge in [-0.05, 0) is 13.8 Å². The number of nitrogens with zero attached hydrogens (tertiary/aromatic N) is 1. The molecule has 0 radical (unpaired) electrons. The summed E-state index contributed by atoms with van der Waals surface area (Å²) >= 11 is 0. The van der Waals surface area contributed by atoms with Gasteiger partial charge in [0.05, 0.1) is 12.2 Å². The molecule has 0 amide bonds. The van der Waals surface area contributed by atoms with Crippen molar-refractivity contribution in [2.75, 3.05) is 26.7 Å². The molecule has 0 aromatic rings. The molecule has 6 nitrogen and oxygen atoms in total. The van der Waals surface area contributed by atoms with E-state index in [4.69, 9.17) is 13.3 Å². The fourth-order valence-electron chi connectivity index (χ4n) is 2.13. The minimum absolute atomic E-state index is 0.0621. The van der Waals surface area contributed by atoms with Crippen molar-refractivity contribution in [1.29, 1.82) is 0 Å². The Balaban J connectivity index is 2.74. The van der Waals surface area contributed by atoms with Gasteiger partial charge < -0.3 is 23.2 Å². The van der Waals surface area contributed by atoms with Crippen molar-refractivity contribution in [2.45, 2.75) is 38.7 Å². The highest BCUT2D eigenvalue weighted by atomic mass is 28.4. The Hall–Kier alpha value is -0.313. The van der Waals surface area contributed by atoms with Gasteiger partial charge in [-0.3, -0.25) is 4.90 Å². The standard InChI is InChI=1S/C11H23NO5Si/c1-9(14)5-12-6-10(2)16-18(4,15-3)17-11(7-12)8-13/h8-11,14H,5-7H2,1-4H3. The van der Waals surface area contributed by atoms with Crippen LogP contribution in [0.4, 0.5) is 0 Å². The van der Waals surface area contributed by atoms with Crippen LogP contribution < -0.4 is 0 Å².